The Morgan fingerprint density at radius 3 is 2.59 bits per heavy atom. The Morgan fingerprint density at radius 2 is 1.95 bits per heavy atom. The van der Waals surface area contributed by atoms with E-state index in [1.165, 1.54) is 25.7 Å². The summed E-state index contributed by atoms with van der Waals surface area (Å²) in [6, 6.07) is 0. The van der Waals surface area contributed by atoms with Gasteiger partial charge in [0, 0.05) is 26.1 Å². The van der Waals surface area contributed by atoms with Crippen LogP contribution in [-0.2, 0) is 9.53 Å². The zero-order chi connectivity index (χ0) is 15.1. The highest BCUT2D eigenvalue weighted by Gasteiger charge is 2.27. The van der Waals surface area contributed by atoms with Gasteiger partial charge in [-0.2, -0.15) is 0 Å². The maximum absolute atomic E-state index is 12.4. The molecule has 22 heavy (non-hydrogen) atoms. The van der Waals surface area contributed by atoms with Crippen LogP contribution in [0.5, 0.6) is 0 Å². The molecule has 2 N–H and O–H groups in total. The number of hydrogen-bond acceptors (Lipinski definition) is 3. The summed E-state index contributed by atoms with van der Waals surface area (Å²) in [4.78, 5) is 14.5. The van der Waals surface area contributed by atoms with Gasteiger partial charge in [-0.15, -0.1) is 12.4 Å². The van der Waals surface area contributed by atoms with E-state index in [1.54, 1.807) is 0 Å². The molecule has 2 rings (SSSR count). The van der Waals surface area contributed by atoms with Gasteiger partial charge < -0.3 is 15.4 Å². The fraction of sp³-hybridized carbons (Fsp3) is 0.941. The van der Waals surface area contributed by atoms with E-state index in [4.69, 9.17) is 10.5 Å². The lowest BCUT2D eigenvalue weighted by molar-refractivity contribution is -0.135. The van der Waals surface area contributed by atoms with Crippen LogP contribution in [0.15, 0.2) is 0 Å². The first-order valence-corrected chi connectivity index (χ1v) is 8.78. The van der Waals surface area contributed by atoms with E-state index in [1.807, 2.05) is 0 Å². The van der Waals surface area contributed by atoms with Gasteiger partial charge in [0.2, 0.25) is 5.91 Å². The SMILES string of the molecule is CC1CCCC(CC(=O)N2CCC(OCCCN)CC2)C1.Cl. The van der Waals surface area contributed by atoms with Crippen molar-refractivity contribution in [2.24, 2.45) is 17.6 Å². The number of hydrogen-bond donors (Lipinski definition) is 1. The summed E-state index contributed by atoms with van der Waals surface area (Å²) in [6.45, 7) is 5.51. The molecule has 1 heterocycles. The normalized spacial score (nSPS) is 26.5. The highest BCUT2D eigenvalue weighted by molar-refractivity contribution is 5.85. The van der Waals surface area contributed by atoms with Crippen molar-refractivity contribution in [3.63, 3.8) is 0 Å². The molecule has 1 aliphatic heterocycles. The van der Waals surface area contributed by atoms with E-state index in [2.05, 4.69) is 11.8 Å². The molecule has 1 amide bonds. The van der Waals surface area contributed by atoms with Crippen molar-refractivity contribution in [1.29, 1.82) is 0 Å². The van der Waals surface area contributed by atoms with Crippen LogP contribution in [-0.4, -0.2) is 43.2 Å². The second-order valence-electron chi connectivity index (χ2n) is 6.94. The topological polar surface area (TPSA) is 55.6 Å². The summed E-state index contributed by atoms with van der Waals surface area (Å²) in [7, 11) is 0. The van der Waals surface area contributed by atoms with Crippen LogP contribution in [0.2, 0.25) is 0 Å². The fourth-order valence-electron chi connectivity index (χ4n) is 3.73. The summed E-state index contributed by atoms with van der Waals surface area (Å²) in [6.07, 6.45) is 9.12. The molecule has 130 valence electrons. The number of carbonyl (C=O) groups is 1. The lowest BCUT2D eigenvalue weighted by Gasteiger charge is -2.34. The third-order valence-corrected chi connectivity index (χ3v) is 5.00. The van der Waals surface area contributed by atoms with E-state index >= 15 is 0 Å². The molecule has 1 saturated carbocycles. The van der Waals surface area contributed by atoms with Gasteiger partial charge in [0.25, 0.3) is 0 Å². The molecule has 5 heteroatoms. The largest absolute Gasteiger partial charge is 0.378 e. The molecule has 0 aromatic carbocycles. The van der Waals surface area contributed by atoms with Crippen molar-refractivity contribution in [3.05, 3.63) is 0 Å². The molecule has 4 nitrogen and oxygen atoms in total. The predicted molar refractivity (Wildman–Crippen MR) is 92.2 cm³/mol. The van der Waals surface area contributed by atoms with E-state index in [0.717, 1.165) is 51.3 Å². The van der Waals surface area contributed by atoms with Gasteiger partial charge in [0.05, 0.1) is 6.10 Å². The third-order valence-electron chi connectivity index (χ3n) is 5.00. The smallest absolute Gasteiger partial charge is 0.222 e. The second kappa shape index (κ2) is 10.5. The number of piperidine rings is 1. The summed E-state index contributed by atoms with van der Waals surface area (Å²) in [5, 5.41) is 0. The minimum absolute atomic E-state index is 0. The summed E-state index contributed by atoms with van der Waals surface area (Å²) in [5.41, 5.74) is 5.47. The molecule has 0 aromatic rings. The molecule has 2 atom stereocenters. The zero-order valence-corrected chi connectivity index (χ0v) is 14.8. The van der Waals surface area contributed by atoms with Gasteiger partial charge in [-0.25, -0.2) is 0 Å². The number of nitrogens with zero attached hydrogens (tertiary/aromatic N) is 1. The van der Waals surface area contributed by atoms with Crippen LogP contribution >= 0.6 is 12.4 Å². The van der Waals surface area contributed by atoms with Crippen molar-refractivity contribution < 1.29 is 9.53 Å². The molecule has 1 aliphatic carbocycles. The van der Waals surface area contributed by atoms with Crippen molar-refractivity contribution >= 4 is 18.3 Å². The third kappa shape index (κ3) is 6.43. The Bertz CT molecular complexity index is 320. The predicted octanol–water partition coefficient (Wildman–Crippen LogP) is 2.98. The molecule has 0 spiro atoms. The number of nitrogens with two attached hydrogens (primary N) is 1. The Hall–Kier alpha value is -0.320. The monoisotopic (exact) mass is 332 g/mol. The van der Waals surface area contributed by atoms with Crippen LogP contribution in [0.3, 0.4) is 0 Å². The van der Waals surface area contributed by atoms with Crippen LogP contribution < -0.4 is 5.73 Å². The standard InChI is InChI=1S/C17H32N2O2.ClH/c1-14-4-2-5-15(12-14)13-17(20)19-9-6-16(7-10-19)21-11-3-8-18;/h14-16H,2-13,18H2,1H3;1H. The minimum atomic E-state index is 0. The average Bonchev–Trinajstić information content (AvgIpc) is 2.48. The lowest BCUT2D eigenvalue weighted by Crippen LogP contribution is -2.41. The maximum Gasteiger partial charge on any atom is 0.222 e. The first-order chi connectivity index (χ1) is 10.2. The fourth-order valence-corrected chi connectivity index (χ4v) is 3.73. The Morgan fingerprint density at radius 1 is 1.23 bits per heavy atom. The van der Waals surface area contributed by atoms with Gasteiger partial charge in [0.15, 0.2) is 0 Å². The molecule has 2 unspecified atom stereocenters. The Kier molecular flexibility index (Phi) is 9.37. The van der Waals surface area contributed by atoms with E-state index < -0.39 is 0 Å². The van der Waals surface area contributed by atoms with Gasteiger partial charge in [-0.05, 0) is 50.5 Å². The molecule has 0 bridgehead atoms. The number of likely N-dealkylation sites (tertiary alicyclic amines) is 1. The minimum Gasteiger partial charge on any atom is -0.378 e. The number of rotatable bonds is 6. The van der Waals surface area contributed by atoms with Crippen molar-refractivity contribution in [2.45, 2.75) is 64.4 Å². The molecular weight excluding hydrogens is 300 g/mol. The number of ether oxygens (including phenoxy) is 1. The Labute approximate surface area is 141 Å². The second-order valence-corrected chi connectivity index (χ2v) is 6.94. The molecule has 2 aliphatic rings. The lowest BCUT2D eigenvalue weighted by atomic mass is 9.80. The van der Waals surface area contributed by atoms with Gasteiger partial charge in [0.1, 0.15) is 0 Å². The molecule has 1 saturated heterocycles. The van der Waals surface area contributed by atoms with Crippen LogP contribution in [0.25, 0.3) is 0 Å². The zero-order valence-electron chi connectivity index (χ0n) is 14.0. The van der Waals surface area contributed by atoms with Crippen molar-refractivity contribution in [3.8, 4) is 0 Å². The van der Waals surface area contributed by atoms with E-state index in [9.17, 15) is 4.79 Å². The molecule has 2 fully saturated rings. The number of amides is 1. The van der Waals surface area contributed by atoms with Gasteiger partial charge in [-0.1, -0.05) is 19.8 Å². The maximum atomic E-state index is 12.4. The number of halogens is 1. The van der Waals surface area contributed by atoms with Crippen LogP contribution in [0, 0.1) is 11.8 Å². The highest BCUT2D eigenvalue weighted by Crippen LogP contribution is 2.31. The van der Waals surface area contributed by atoms with Crippen LogP contribution in [0.1, 0.15) is 58.3 Å². The first-order valence-electron chi connectivity index (χ1n) is 8.78. The first kappa shape index (κ1) is 19.7. The van der Waals surface area contributed by atoms with Crippen molar-refractivity contribution in [2.75, 3.05) is 26.2 Å². The number of carbonyl (C=O) groups excluding carboxylic acids is 1. The summed E-state index contributed by atoms with van der Waals surface area (Å²) < 4.78 is 5.80. The molecule has 0 radical (unpaired) electrons. The summed E-state index contributed by atoms with van der Waals surface area (Å²) >= 11 is 0. The van der Waals surface area contributed by atoms with Gasteiger partial charge >= 0.3 is 0 Å². The van der Waals surface area contributed by atoms with E-state index in [-0.39, 0.29) is 12.4 Å². The molecule has 0 aromatic heterocycles. The van der Waals surface area contributed by atoms with Crippen molar-refractivity contribution in [1.82, 2.24) is 4.90 Å². The van der Waals surface area contributed by atoms with Gasteiger partial charge in [-0.3, -0.25) is 4.79 Å². The quantitative estimate of drug-likeness (QED) is 0.761. The summed E-state index contributed by atoms with van der Waals surface area (Å²) in [5.74, 6) is 1.80. The van der Waals surface area contributed by atoms with E-state index in [0.29, 0.717) is 24.5 Å². The molecular formula is C17H33ClN2O2. The Balaban J connectivity index is 0.00000242. The average molecular weight is 333 g/mol. The van der Waals surface area contributed by atoms with Crippen LogP contribution in [0.4, 0.5) is 0 Å². The highest BCUT2D eigenvalue weighted by atomic mass is 35.5.